The second-order valence-electron chi connectivity index (χ2n) is 7.61. The second-order valence-corrected chi connectivity index (χ2v) is 9.52. The van der Waals surface area contributed by atoms with Crippen LogP contribution in [0.25, 0.3) is 0 Å². The predicted octanol–water partition coefficient (Wildman–Crippen LogP) is 5.08. The van der Waals surface area contributed by atoms with Crippen molar-refractivity contribution in [3.05, 3.63) is 83.2 Å². The quantitative estimate of drug-likeness (QED) is 0.414. The van der Waals surface area contributed by atoms with Crippen molar-refractivity contribution in [3.63, 3.8) is 0 Å². The fourth-order valence-corrected chi connectivity index (χ4v) is 4.24. The number of hydrogen-bond donors (Lipinski definition) is 1. The van der Waals surface area contributed by atoms with Gasteiger partial charge in [-0.25, -0.2) is 12.8 Å². The molecule has 36 heavy (non-hydrogen) atoms. The number of nitrogens with one attached hydrogen (secondary N) is 1. The van der Waals surface area contributed by atoms with Crippen LogP contribution in [-0.4, -0.2) is 34.8 Å². The third-order valence-electron chi connectivity index (χ3n) is 5.16. The van der Waals surface area contributed by atoms with Crippen molar-refractivity contribution < 1.29 is 40.2 Å². The van der Waals surface area contributed by atoms with Gasteiger partial charge in [-0.2, -0.15) is 13.2 Å². The number of nitrogens with zero attached hydrogens (tertiary/aromatic N) is 1. The van der Waals surface area contributed by atoms with E-state index in [4.69, 9.17) is 9.47 Å². The number of carbonyl (C=O) groups excluding carboxylic acids is 1. The number of benzene rings is 3. The molecule has 1 N–H and O–H groups in total. The lowest BCUT2D eigenvalue weighted by molar-refractivity contribution is -0.137. The van der Waals surface area contributed by atoms with Gasteiger partial charge >= 0.3 is 6.18 Å². The lowest BCUT2D eigenvalue weighted by atomic mass is 10.1. The zero-order valence-electron chi connectivity index (χ0n) is 19.4. The van der Waals surface area contributed by atoms with Gasteiger partial charge in [0.15, 0.2) is 11.5 Å². The minimum atomic E-state index is -4.55. The van der Waals surface area contributed by atoms with Gasteiger partial charge in [-0.15, -0.1) is 0 Å². The molecular formula is C24H22F4N2O5S. The number of alkyl halides is 3. The highest BCUT2D eigenvalue weighted by molar-refractivity contribution is 7.92. The first-order chi connectivity index (χ1) is 16.8. The number of hydrogen-bond acceptors (Lipinski definition) is 5. The Balaban J connectivity index is 2.10. The highest BCUT2D eigenvalue weighted by Gasteiger charge is 2.30. The molecule has 0 aliphatic carbocycles. The molecule has 1 amide bonds. The Morgan fingerprint density at radius 1 is 0.972 bits per heavy atom. The molecule has 0 bridgehead atoms. The standard InChI is InChI=1S/C24H22F4N2O5S/c1-34-21-12-18(23(31)29-17-10-8-16(9-11-17)24(26,27)28)20(13-22(21)35-2)30(36(3,32)33)14-15-6-4-5-7-19(15)25/h4-13H,14H2,1-3H3,(H,29,31). The molecule has 0 saturated heterocycles. The Morgan fingerprint density at radius 3 is 2.08 bits per heavy atom. The molecule has 3 aromatic carbocycles. The van der Waals surface area contributed by atoms with Crippen molar-refractivity contribution in [1.29, 1.82) is 0 Å². The summed E-state index contributed by atoms with van der Waals surface area (Å²) in [6, 6.07) is 11.8. The van der Waals surface area contributed by atoms with Crippen LogP contribution >= 0.6 is 0 Å². The number of amides is 1. The maximum Gasteiger partial charge on any atom is 0.416 e. The first-order valence-corrected chi connectivity index (χ1v) is 12.2. The van der Waals surface area contributed by atoms with Crippen LogP contribution in [0.4, 0.5) is 28.9 Å². The maximum atomic E-state index is 14.4. The predicted molar refractivity (Wildman–Crippen MR) is 126 cm³/mol. The topological polar surface area (TPSA) is 84.9 Å². The Morgan fingerprint density at radius 2 is 1.56 bits per heavy atom. The summed E-state index contributed by atoms with van der Waals surface area (Å²) in [5.74, 6) is -1.30. The molecule has 3 aromatic rings. The molecule has 0 atom stereocenters. The van der Waals surface area contributed by atoms with Gasteiger partial charge < -0.3 is 14.8 Å². The Bertz CT molecular complexity index is 1360. The average Bonchev–Trinajstić information content (AvgIpc) is 2.81. The van der Waals surface area contributed by atoms with Crippen LogP contribution in [0.3, 0.4) is 0 Å². The van der Waals surface area contributed by atoms with E-state index in [1.54, 1.807) is 0 Å². The number of anilines is 2. The van der Waals surface area contributed by atoms with Gasteiger partial charge in [0, 0.05) is 17.3 Å². The molecule has 0 spiro atoms. The molecule has 3 rings (SSSR count). The van der Waals surface area contributed by atoms with Crippen LogP contribution in [0.5, 0.6) is 11.5 Å². The van der Waals surface area contributed by atoms with Crippen molar-refractivity contribution >= 4 is 27.3 Å². The normalized spacial score (nSPS) is 11.6. The fraction of sp³-hybridized carbons (Fsp3) is 0.208. The van der Waals surface area contributed by atoms with Gasteiger partial charge in [0.25, 0.3) is 5.91 Å². The molecule has 0 unspecified atom stereocenters. The maximum absolute atomic E-state index is 14.4. The van der Waals surface area contributed by atoms with Crippen LogP contribution in [0.1, 0.15) is 21.5 Å². The summed E-state index contributed by atoms with van der Waals surface area (Å²) in [6.45, 7) is -0.443. The van der Waals surface area contributed by atoms with Gasteiger partial charge in [-0.3, -0.25) is 9.10 Å². The van der Waals surface area contributed by atoms with E-state index in [1.165, 1.54) is 50.6 Å². The van der Waals surface area contributed by atoms with E-state index in [9.17, 15) is 30.8 Å². The molecule has 0 aliphatic heterocycles. The number of ether oxygens (including phenoxy) is 2. The molecule has 0 aromatic heterocycles. The monoisotopic (exact) mass is 526 g/mol. The zero-order chi connectivity index (χ0) is 26.7. The molecule has 0 aliphatic rings. The molecule has 0 radical (unpaired) electrons. The number of halogens is 4. The van der Waals surface area contributed by atoms with E-state index in [1.807, 2.05) is 0 Å². The second kappa shape index (κ2) is 10.4. The van der Waals surface area contributed by atoms with Crippen molar-refractivity contribution in [3.8, 4) is 11.5 Å². The highest BCUT2D eigenvalue weighted by Crippen LogP contribution is 2.37. The zero-order valence-corrected chi connectivity index (χ0v) is 20.2. The van der Waals surface area contributed by atoms with E-state index in [0.717, 1.165) is 34.8 Å². The number of sulfonamides is 1. The van der Waals surface area contributed by atoms with Gasteiger partial charge in [-0.05, 0) is 36.4 Å². The molecule has 0 fully saturated rings. The van der Waals surface area contributed by atoms with E-state index in [2.05, 4.69) is 5.32 Å². The van der Waals surface area contributed by atoms with Crippen LogP contribution in [-0.2, 0) is 22.7 Å². The summed E-state index contributed by atoms with van der Waals surface area (Å²) in [5, 5.41) is 2.45. The third-order valence-corrected chi connectivity index (χ3v) is 6.28. The average molecular weight is 527 g/mol. The van der Waals surface area contributed by atoms with Crippen molar-refractivity contribution in [1.82, 2.24) is 0 Å². The summed E-state index contributed by atoms with van der Waals surface area (Å²) in [6.07, 6.45) is -3.66. The van der Waals surface area contributed by atoms with E-state index >= 15 is 0 Å². The lowest BCUT2D eigenvalue weighted by Gasteiger charge is -2.26. The molecule has 7 nitrogen and oxygen atoms in total. The van der Waals surface area contributed by atoms with Crippen molar-refractivity contribution in [2.24, 2.45) is 0 Å². The minimum absolute atomic E-state index is 0.0359. The molecule has 12 heteroatoms. The Kier molecular flexibility index (Phi) is 7.77. The summed E-state index contributed by atoms with van der Waals surface area (Å²) < 4.78 is 89.8. The Labute approximate surface area is 205 Å². The lowest BCUT2D eigenvalue weighted by Crippen LogP contribution is -2.32. The van der Waals surface area contributed by atoms with Gasteiger partial charge in [0.2, 0.25) is 10.0 Å². The third kappa shape index (κ3) is 6.06. The molecular weight excluding hydrogens is 504 g/mol. The van der Waals surface area contributed by atoms with Crippen molar-refractivity contribution in [2.75, 3.05) is 30.1 Å². The fourth-order valence-electron chi connectivity index (χ4n) is 3.36. The molecule has 0 heterocycles. The minimum Gasteiger partial charge on any atom is -0.493 e. The molecule has 0 saturated carbocycles. The number of methoxy groups -OCH3 is 2. The van der Waals surface area contributed by atoms with Crippen LogP contribution < -0.4 is 19.1 Å². The van der Waals surface area contributed by atoms with Crippen LogP contribution in [0.2, 0.25) is 0 Å². The number of rotatable bonds is 8. The van der Waals surface area contributed by atoms with E-state index < -0.39 is 40.0 Å². The SMILES string of the molecule is COc1cc(C(=O)Nc2ccc(C(F)(F)F)cc2)c(N(Cc2ccccc2F)S(C)(=O)=O)cc1OC. The summed E-state index contributed by atoms with van der Waals surface area (Å²) in [5.41, 5.74) is -1.17. The van der Waals surface area contributed by atoms with Gasteiger partial charge in [-0.1, -0.05) is 18.2 Å². The molecule has 192 valence electrons. The summed E-state index contributed by atoms with van der Waals surface area (Å²) in [7, 11) is -1.44. The van der Waals surface area contributed by atoms with Gasteiger partial charge in [0.1, 0.15) is 5.82 Å². The first kappa shape index (κ1) is 26.8. The Hall–Kier alpha value is -3.80. The van der Waals surface area contributed by atoms with Gasteiger partial charge in [0.05, 0.1) is 43.8 Å². The number of carbonyl (C=O) groups is 1. The largest absolute Gasteiger partial charge is 0.493 e. The highest BCUT2D eigenvalue weighted by atomic mass is 32.2. The van der Waals surface area contributed by atoms with E-state index in [0.29, 0.717) is 0 Å². The first-order valence-electron chi connectivity index (χ1n) is 10.3. The van der Waals surface area contributed by atoms with Crippen LogP contribution in [0.15, 0.2) is 60.7 Å². The summed E-state index contributed by atoms with van der Waals surface area (Å²) >= 11 is 0. The van der Waals surface area contributed by atoms with Crippen molar-refractivity contribution in [2.45, 2.75) is 12.7 Å². The van der Waals surface area contributed by atoms with Crippen LogP contribution in [0, 0.1) is 5.82 Å². The summed E-state index contributed by atoms with van der Waals surface area (Å²) in [4.78, 5) is 13.2. The van der Waals surface area contributed by atoms with E-state index in [-0.39, 0.29) is 34.0 Å². The smallest absolute Gasteiger partial charge is 0.416 e.